The zero-order chi connectivity index (χ0) is 41.5. The Hall–Kier alpha value is -5.95. The summed E-state index contributed by atoms with van der Waals surface area (Å²) in [4.78, 5) is 46.9. The van der Waals surface area contributed by atoms with Gasteiger partial charge in [0.15, 0.2) is 5.82 Å². The van der Waals surface area contributed by atoms with Crippen LogP contribution in [-0.4, -0.2) is 99.9 Å². The normalized spacial score (nSPS) is 19.9. The predicted octanol–water partition coefficient (Wildman–Crippen LogP) is 7.02. The third-order valence-corrected chi connectivity index (χ3v) is 13.4. The Morgan fingerprint density at radius 1 is 0.850 bits per heavy atom. The summed E-state index contributed by atoms with van der Waals surface area (Å²) in [5.74, 6) is 1.28. The molecule has 4 fully saturated rings. The highest BCUT2D eigenvalue weighted by Crippen LogP contribution is 2.38. The minimum Gasteiger partial charge on any atom is -0.507 e. The highest BCUT2D eigenvalue weighted by Gasteiger charge is 2.31. The molecule has 0 saturated carbocycles. The van der Waals surface area contributed by atoms with Gasteiger partial charge >= 0.3 is 6.03 Å². The van der Waals surface area contributed by atoms with Crippen LogP contribution < -0.4 is 20.9 Å². The summed E-state index contributed by atoms with van der Waals surface area (Å²) < 4.78 is 2.46. The van der Waals surface area contributed by atoms with Crippen molar-refractivity contribution in [3.8, 4) is 17.0 Å². The smallest absolute Gasteiger partial charge is 0.328 e. The summed E-state index contributed by atoms with van der Waals surface area (Å²) in [5.41, 5.74) is 14.7. The van der Waals surface area contributed by atoms with Crippen LogP contribution in [0.4, 0.5) is 22.0 Å². The van der Waals surface area contributed by atoms with Gasteiger partial charge in [-0.15, -0.1) is 10.2 Å². The maximum absolute atomic E-state index is 13.8. The number of likely N-dealkylation sites (tertiary alicyclic amines) is 2. The highest BCUT2D eigenvalue weighted by atomic mass is 16.3. The lowest BCUT2D eigenvalue weighted by atomic mass is 9.86. The van der Waals surface area contributed by atoms with Gasteiger partial charge in [-0.2, -0.15) is 0 Å². The minimum atomic E-state index is -0.352. The number of aromatic hydroxyl groups is 1. The van der Waals surface area contributed by atoms with Crippen molar-refractivity contribution in [3.05, 3.63) is 95.2 Å². The number of amides is 4. The number of hydrogen-bond donors (Lipinski definition) is 3. The second-order valence-electron chi connectivity index (χ2n) is 17.3. The number of imide groups is 1. The molecular formula is C47H55N9O4. The van der Waals surface area contributed by atoms with E-state index in [4.69, 9.17) is 5.73 Å². The SMILES string of the molecule is Cc1cc(C(=O)N2CCC(CN3CCC(n4c(C)cc5c(N6CCC(=O)NC6=O)cccc54)CC3)CC2)ccc1[C@H]1CCCN(c2cc(-c3ccccc3O)nnc2N)C1. The molecule has 60 heavy (non-hydrogen) atoms. The van der Waals surface area contributed by atoms with Gasteiger partial charge in [-0.1, -0.05) is 24.3 Å². The topological polar surface area (TPSA) is 153 Å². The fourth-order valence-electron chi connectivity index (χ4n) is 10.3. The van der Waals surface area contributed by atoms with Crippen LogP contribution in [0, 0.1) is 19.8 Å². The number of nitrogens with zero attached hydrogens (tertiary/aromatic N) is 7. The number of urea groups is 1. The lowest BCUT2D eigenvalue weighted by Gasteiger charge is -2.38. The Labute approximate surface area is 351 Å². The molecule has 0 bridgehead atoms. The molecule has 0 unspecified atom stereocenters. The molecule has 4 saturated heterocycles. The van der Waals surface area contributed by atoms with Crippen molar-refractivity contribution >= 4 is 45.9 Å². The highest BCUT2D eigenvalue weighted by molar-refractivity contribution is 6.09. The van der Waals surface area contributed by atoms with Gasteiger partial charge in [0.25, 0.3) is 5.91 Å². The van der Waals surface area contributed by atoms with E-state index in [-0.39, 0.29) is 29.5 Å². The molecule has 13 heteroatoms. The summed E-state index contributed by atoms with van der Waals surface area (Å²) in [7, 11) is 0. The number of fused-ring (bicyclic) bond motifs is 1. The summed E-state index contributed by atoms with van der Waals surface area (Å²) >= 11 is 0. The van der Waals surface area contributed by atoms with Crippen molar-refractivity contribution in [2.45, 2.75) is 70.8 Å². The molecular weight excluding hydrogens is 755 g/mol. The molecule has 2 aromatic heterocycles. The third-order valence-electron chi connectivity index (χ3n) is 13.4. The van der Waals surface area contributed by atoms with E-state index >= 15 is 0 Å². The number of anilines is 3. The third kappa shape index (κ3) is 7.78. The van der Waals surface area contributed by atoms with Crippen molar-refractivity contribution < 1.29 is 19.5 Å². The second kappa shape index (κ2) is 16.6. The number of nitrogens with one attached hydrogen (secondary N) is 1. The molecule has 9 rings (SSSR count). The molecule has 3 aromatic carbocycles. The summed E-state index contributed by atoms with van der Waals surface area (Å²) in [5, 5.41) is 22.5. The fourth-order valence-corrected chi connectivity index (χ4v) is 10.3. The predicted molar refractivity (Wildman–Crippen MR) is 234 cm³/mol. The minimum absolute atomic E-state index is 0.119. The molecule has 1 atom stereocenters. The van der Waals surface area contributed by atoms with E-state index in [1.165, 1.54) is 11.3 Å². The van der Waals surface area contributed by atoms with Gasteiger partial charge in [-0.05, 0) is 118 Å². The molecule has 0 spiro atoms. The van der Waals surface area contributed by atoms with Gasteiger partial charge in [0.05, 0.1) is 22.6 Å². The number of phenols is 1. The van der Waals surface area contributed by atoms with Gasteiger partial charge in [0.1, 0.15) is 5.75 Å². The number of carbonyl (C=O) groups excluding carboxylic acids is 3. The number of hydrogen-bond acceptors (Lipinski definition) is 9. The number of carbonyl (C=O) groups is 3. The van der Waals surface area contributed by atoms with E-state index in [9.17, 15) is 19.5 Å². The zero-order valence-electron chi connectivity index (χ0n) is 34.6. The lowest BCUT2D eigenvalue weighted by Crippen LogP contribution is -2.49. The van der Waals surface area contributed by atoms with Crippen molar-refractivity contribution in [1.82, 2.24) is 29.9 Å². The Morgan fingerprint density at radius 3 is 2.42 bits per heavy atom. The molecule has 4 amide bonds. The molecule has 4 aliphatic heterocycles. The quantitative estimate of drug-likeness (QED) is 0.150. The first kappa shape index (κ1) is 39.5. The number of nitrogens with two attached hydrogens (primary N) is 1. The van der Waals surface area contributed by atoms with Crippen LogP contribution in [0.1, 0.15) is 84.1 Å². The van der Waals surface area contributed by atoms with Crippen molar-refractivity contribution in [2.75, 3.05) is 67.9 Å². The number of phenolic OH excluding ortho intramolecular Hbond substituents is 1. The van der Waals surface area contributed by atoms with Crippen LogP contribution in [-0.2, 0) is 4.79 Å². The number of aromatic nitrogens is 3. The monoisotopic (exact) mass is 809 g/mol. The van der Waals surface area contributed by atoms with Gasteiger partial charge in [0, 0.05) is 92.9 Å². The molecule has 0 radical (unpaired) electrons. The molecule has 4 N–H and O–H groups in total. The summed E-state index contributed by atoms with van der Waals surface area (Å²) in [6.45, 7) is 11.0. The van der Waals surface area contributed by atoms with Gasteiger partial charge in [0.2, 0.25) is 5.91 Å². The van der Waals surface area contributed by atoms with Crippen LogP contribution in [0.2, 0.25) is 0 Å². The van der Waals surface area contributed by atoms with E-state index in [0.717, 1.165) is 118 Å². The number of piperidine rings is 3. The Kier molecular flexibility index (Phi) is 10.9. The maximum Gasteiger partial charge on any atom is 0.328 e. The first-order valence-corrected chi connectivity index (χ1v) is 21.6. The van der Waals surface area contributed by atoms with Gasteiger partial charge in [-0.3, -0.25) is 19.8 Å². The molecule has 4 aliphatic rings. The van der Waals surface area contributed by atoms with Crippen molar-refractivity contribution in [3.63, 3.8) is 0 Å². The first-order valence-electron chi connectivity index (χ1n) is 21.6. The summed E-state index contributed by atoms with van der Waals surface area (Å²) in [6.07, 6.45) is 6.51. The average molecular weight is 810 g/mol. The molecule has 13 nitrogen and oxygen atoms in total. The number of rotatable bonds is 8. The number of aryl methyl sites for hydroxylation is 2. The first-order chi connectivity index (χ1) is 29.1. The number of para-hydroxylation sites is 1. The van der Waals surface area contributed by atoms with E-state index < -0.39 is 0 Å². The molecule has 5 aromatic rings. The summed E-state index contributed by atoms with van der Waals surface area (Å²) in [6, 6.07) is 23.7. The van der Waals surface area contributed by atoms with Crippen molar-refractivity contribution in [2.24, 2.45) is 5.92 Å². The van der Waals surface area contributed by atoms with E-state index in [2.05, 4.69) is 68.0 Å². The second-order valence-corrected chi connectivity index (χ2v) is 17.3. The fraction of sp³-hybridized carbons (Fsp3) is 0.426. The van der Waals surface area contributed by atoms with Crippen LogP contribution in [0.15, 0.2) is 72.8 Å². The maximum atomic E-state index is 13.8. The zero-order valence-corrected chi connectivity index (χ0v) is 34.6. The van der Waals surface area contributed by atoms with E-state index in [1.807, 2.05) is 41.3 Å². The van der Waals surface area contributed by atoms with Crippen LogP contribution in [0.5, 0.6) is 5.75 Å². The van der Waals surface area contributed by atoms with E-state index in [0.29, 0.717) is 42.0 Å². The Balaban J connectivity index is 0.777. The standard InChI is InChI=1S/C47H55N9O4/c1-30-25-33(12-13-36(30)34-7-6-19-54(29-34)42-27-39(50-51-45(42)48)37-8-3-4-11-43(37)57)46(59)53-22-14-32(15-23-53)28-52-20-16-35(17-21-52)56-31(2)26-38-40(9-5-10-41(38)56)55-24-18-44(58)49-47(55)60/h3-5,8-13,25-27,32,34-35,57H,6-7,14-24,28-29H2,1-2H3,(H2,48,51)(H,49,58,60)/t34-/m0/s1. The lowest BCUT2D eigenvalue weighted by molar-refractivity contribution is -0.120. The molecule has 0 aliphatic carbocycles. The van der Waals surface area contributed by atoms with Crippen molar-refractivity contribution in [1.29, 1.82) is 0 Å². The molecule has 6 heterocycles. The van der Waals surface area contributed by atoms with Crippen LogP contribution >= 0.6 is 0 Å². The average Bonchev–Trinajstić information content (AvgIpc) is 3.60. The Bertz CT molecular complexity index is 2430. The largest absolute Gasteiger partial charge is 0.507 e. The van der Waals surface area contributed by atoms with Gasteiger partial charge in [-0.25, -0.2) is 4.79 Å². The molecule has 312 valence electrons. The number of benzene rings is 3. The van der Waals surface area contributed by atoms with Crippen LogP contribution in [0.3, 0.4) is 0 Å². The van der Waals surface area contributed by atoms with Crippen LogP contribution in [0.25, 0.3) is 22.2 Å². The Morgan fingerprint density at radius 2 is 1.65 bits per heavy atom. The number of nitrogen functional groups attached to an aromatic ring is 1. The van der Waals surface area contributed by atoms with Gasteiger partial charge < -0.3 is 30.1 Å². The van der Waals surface area contributed by atoms with E-state index in [1.54, 1.807) is 17.0 Å².